The van der Waals surface area contributed by atoms with Gasteiger partial charge in [0.25, 0.3) is 5.91 Å². The summed E-state index contributed by atoms with van der Waals surface area (Å²) >= 11 is 0. The van der Waals surface area contributed by atoms with Gasteiger partial charge in [-0.3, -0.25) is 9.78 Å². The zero-order chi connectivity index (χ0) is 17.7. The van der Waals surface area contributed by atoms with Crippen molar-refractivity contribution in [1.82, 2.24) is 14.5 Å². The predicted octanol–water partition coefficient (Wildman–Crippen LogP) is 3.09. The van der Waals surface area contributed by atoms with Gasteiger partial charge in [-0.2, -0.15) is 0 Å². The lowest BCUT2D eigenvalue weighted by Crippen LogP contribution is -2.09. The first-order valence-corrected chi connectivity index (χ1v) is 7.43. The van der Waals surface area contributed by atoms with Crippen molar-refractivity contribution in [3.63, 3.8) is 0 Å². The van der Waals surface area contributed by atoms with Crippen molar-refractivity contribution in [1.29, 1.82) is 0 Å². The maximum absolute atomic E-state index is 11.3. The molecule has 1 aromatic rings. The van der Waals surface area contributed by atoms with Crippen LogP contribution in [0.5, 0.6) is 0 Å². The molecule has 0 aliphatic carbocycles. The van der Waals surface area contributed by atoms with Crippen LogP contribution in [0.1, 0.15) is 16.2 Å². The molecule has 1 aliphatic heterocycles. The highest BCUT2D eigenvalue weighted by Gasteiger charge is 1.97. The van der Waals surface area contributed by atoms with E-state index in [1.54, 1.807) is 36.9 Å². The first kappa shape index (κ1) is 17.7. The Bertz CT molecular complexity index is 846. The summed E-state index contributed by atoms with van der Waals surface area (Å²) in [5.41, 5.74) is 6.11. The topological polar surface area (TPSA) is 100 Å². The summed E-state index contributed by atoms with van der Waals surface area (Å²) < 4.78 is 12.4. The number of carbonyl (C=O) groups is 1. The zero-order valence-electron chi connectivity index (χ0n) is 13.4. The third-order valence-corrected chi connectivity index (χ3v) is 2.87. The number of hydrogen-bond acceptors (Lipinski definition) is 5. The molecular formula is C18H18N4O3. The summed E-state index contributed by atoms with van der Waals surface area (Å²) in [4.78, 5) is 19.3. The van der Waals surface area contributed by atoms with Crippen molar-refractivity contribution in [2.75, 3.05) is 0 Å². The Morgan fingerprint density at radius 1 is 1.08 bits per heavy atom. The molecule has 0 saturated carbocycles. The maximum atomic E-state index is 11.3. The van der Waals surface area contributed by atoms with Crippen LogP contribution in [0, 0.1) is 0 Å². The first-order chi connectivity index (χ1) is 12.3. The molecule has 7 nitrogen and oxygen atoms in total. The summed E-state index contributed by atoms with van der Waals surface area (Å²) in [5, 5.41) is 0. The lowest BCUT2D eigenvalue weighted by atomic mass is 10.4. The molecule has 0 atom stereocenters. The van der Waals surface area contributed by atoms with Crippen LogP contribution in [-0.4, -0.2) is 20.4 Å². The summed E-state index contributed by atoms with van der Waals surface area (Å²) in [6, 6.07) is 8.16. The van der Waals surface area contributed by atoms with Gasteiger partial charge in [0.05, 0.1) is 24.5 Å². The number of rotatable bonds is 1. The highest BCUT2D eigenvalue weighted by molar-refractivity contribution is 5.89. The van der Waals surface area contributed by atoms with Gasteiger partial charge in [0, 0.05) is 31.2 Å². The average Bonchev–Trinajstić information content (AvgIpc) is 3.03. The number of primary amides is 1. The molecule has 2 N–H and O–H groups in total. The second-order valence-electron chi connectivity index (χ2n) is 4.65. The monoisotopic (exact) mass is 338 g/mol. The average molecular weight is 338 g/mol. The highest BCUT2D eigenvalue weighted by atomic mass is 16.3. The second-order valence-corrected chi connectivity index (χ2v) is 4.65. The number of carbonyl (C=O) groups excluding carboxylic acids is 1. The van der Waals surface area contributed by atoms with Gasteiger partial charge >= 0.3 is 0 Å². The predicted molar refractivity (Wildman–Crippen MR) is 92.6 cm³/mol. The molecule has 0 aromatic carbocycles. The van der Waals surface area contributed by atoms with E-state index < -0.39 is 5.91 Å². The van der Waals surface area contributed by atoms with Crippen molar-refractivity contribution in [2.45, 2.75) is 6.54 Å². The van der Waals surface area contributed by atoms with Gasteiger partial charge in [-0.1, -0.05) is 18.2 Å². The SMILES string of the molecule is NC(=O)c1ccnccncn2c(cocccccco1)C=CC2. The molecule has 128 valence electrons. The van der Waals surface area contributed by atoms with E-state index in [1.807, 2.05) is 16.7 Å². The normalized spacial score (nSPS) is 10.4. The number of hydrogen-bond donors (Lipinski definition) is 1. The number of aromatic nitrogens is 3. The third kappa shape index (κ3) is 6.57. The Balaban J connectivity index is 2.48. The molecule has 2 heterocycles. The van der Waals surface area contributed by atoms with Crippen molar-refractivity contribution in [3.8, 4) is 0 Å². The van der Waals surface area contributed by atoms with Gasteiger partial charge in [0.2, 0.25) is 0 Å². The Morgan fingerprint density at radius 3 is 2.72 bits per heavy atom. The lowest BCUT2D eigenvalue weighted by molar-refractivity contribution is 0.0972. The fraction of sp³-hybridized carbons (Fsp3) is 0.0556. The van der Waals surface area contributed by atoms with Crippen LogP contribution in [0.25, 0.3) is 6.08 Å². The standard InChI is InChI=1S/C18H18N4O3/c19-18(23)17-7-8-20-9-10-21-15-22-11-5-6-16(22)14-24-12-3-1-2-4-13-25-17/h1-10,12-15H,11H2,(H2,19,23). The summed E-state index contributed by atoms with van der Waals surface area (Å²) in [7, 11) is 0. The fourth-order valence-corrected chi connectivity index (χ4v) is 1.73. The van der Waals surface area contributed by atoms with Crippen molar-refractivity contribution >= 4 is 12.0 Å². The molecular weight excluding hydrogens is 320 g/mol. The lowest BCUT2D eigenvalue weighted by Gasteiger charge is -1.95. The van der Waals surface area contributed by atoms with Crippen molar-refractivity contribution in [3.05, 3.63) is 91.6 Å². The largest absolute Gasteiger partial charge is 0.470 e. The molecule has 0 spiro atoms. The molecule has 2 rings (SSSR count). The van der Waals surface area contributed by atoms with Crippen LogP contribution in [0.4, 0.5) is 0 Å². The quantitative estimate of drug-likeness (QED) is 0.848. The molecule has 7 heteroatoms. The smallest absolute Gasteiger partial charge is 0.284 e. The Labute approximate surface area is 144 Å². The number of fused-ring (bicyclic) bond motifs is 1. The van der Waals surface area contributed by atoms with Crippen LogP contribution in [0.3, 0.4) is 0 Å². The minimum Gasteiger partial charge on any atom is -0.470 e. The van der Waals surface area contributed by atoms with E-state index >= 15 is 0 Å². The van der Waals surface area contributed by atoms with E-state index in [0.717, 1.165) is 5.69 Å². The zero-order valence-corrected chi connectivity index (χ0v) is 13.4. The van der Waals surface area contributed by atoms with Gasteiger partial charge in [0.1, 0.15) is 6.26 Å². The van der Waals surface area contributed by atoms with Gasteiger partial charge in [-0.05, 0) is 18.2 Å². The molecule has 1 amide bonds. The number of nitrogens with two attached hydrogens (primary N) is 1. The van der Waals surface area contributed by atoms with Crippen LogP contribution in [0.2, 0.25) is 0 Å². The molecule has 1 aromatic heterocycles. The first-order valence-electron chi connectivity index (χ1n) is 7.43. The minimum absolute atomic E-state index is 0.0286. The molecule has 1 aliphatic rings. The molecule has 0 radical (unpaired) electrons. The summed E-state index contributed by atoms with van der Waals surface area (Å²) in [6.07, 6.45) is 14.5. The third-order valence-electron chi connectivity index (χ3n) is 2.87. The van der Waals surface area contributed by atoms with E-state index in [1.165, 1.54) is 37.2 Å². The molecule has 0 bridgehead atoms. The molecule has 0 saturated heterocycles. The van der Waals surface area contributed by atoms with E-state index in [0.29, 0.717) is 6.54 Å². The van der Waals surface area contributed by atoms with Crippen LogP contribution in [0.15, 0.2) is 88.9 Å². The Hall–Kier alpha value is -3.61. The Morgan fingerprint density at radius 2 is 1.88 bits per heavy atom. The summed E-state index contributed by atoms with van der Waals surface area (Å²) in [5.74, 6) is -0.722. The van der Waals surface area contributed by atoms with Gasteiger partial charge in [-0.25, -0.2) is 4.98 Å². The van der Waals surface area contributed by atoms with Crippen molar-refractivity contribution < 1.29 is 13.6 Å². The van der Waals surface area contributed by atoms with E-state index in [-0.39, 0.29) is 5.76 Å². The van der Waals surface area contributed by atoms with Crippen molar-refractivity contribution in [2.24, 2.45) is 5.73 Å². The number of allylic oxidation sites excluding steroid dienone is 1. The minimum atomic E-state index is -0.693. The molecule has 0 fully saturated rings. The second kappa shape index (κ2) is 10.2. The van der Waals surface area contributed by atoms with Gasteiger partial charge < -0.3 is 19.1 Å². The van der Waals surface area contributed by atoms with E-state index in [2.05, 4.69) is 9.97 Å². The van der Waals surface area contributed by atoms with Crippen LogP contribution < -0.4 is 5.73 Å². The number of nitrogens with zero attached hydrogens (tertiary/aromatic N) is 3. The highest BCUT2D eigenvalue weighted by Crippen LogP contribution is 2.06. The molecule has 25 heavy (non-hydrogen) atoms. The van der Waals surface area contributed by atoms with Gasteiger partial charge in [0.15, 0.2) is 5.76 Å². The van der Waals surface area contributed by atoms with Gasteiger partial charge in [-0.15, -0.1) is 0 Å². The maximum Gasteiger partial charge on any atom is 0.284 e. The van der Waals surface area contributed by atoms with Crippen LogP contribution >= 0.6 is 0 Å². The Kier molecular flexibility index (Phi) is 7.25. The fourth-order valence-electron chi connectivity index (χ4n) is 1.73. The summed E-state index contributed by atoms with van der Waals surface area (Å²) in [6.45, 7) is 0.715. The molecule has 0 unspecified atom stereocenters. The van der Waals surface area contributed by atoms with Crippen LogP contribution in [-0.2, 0) is 6.54 Å². The number of amides is 1. The van der Waals surface area contributed by atoms with E-state index in [4.69, 9.17) is 14.6 Å². The van der Waals surface area contributed by atoms with E-state index in [9.17, 15) is 4.79 Å².